The first-order valence-electron chi connectivity index (χ1n) is 7.18. The minimum Gasteiger partial charge on any atom is -0.378 e. The summed E-state index contributed by atoms with van der Waals surface area (Å²) >= 11 is 0. The molecular formula is C17H19Cl2N5O. The molecule has 25 heavy (non-hydrogen) atoms. The number of carbonyl (C=O) groups excluding carboxylic acids is 1. The van der Waals surface area contributed by atoms with Crippen LogP contribution in [0, 0.1) is 0 Å². The van der Waals surface area contributed by atoms with Crippen molar-refractivity contribution < 1.29 is 4.79 Å². The number of amides is 2. The summed E-state index contributed by atoms with van der Waals surface area (Å²) in [5.41, 5.74) is 3.81. The minimum absolute atomic E-state index is 0. The molecule has 8 heteroatoms. The molecule has 0 fully saturated rings. The quantitative estimate of drug-likeness (QED) is 0.715. The molecule has 132 valence electrons. The summed E-state index contributed by atoms with van der Waals surface area (Å²) in [5.74, 6) is 0. The van der Waals surface area contributed by atoms with Gasteiger partial charge in [0.05, 0.1) is 11.2 Å². The fourth-order valence-electron chi connectivity index (χ4n) is 2.21. The number of rotatable bonds is 3. The zero-order chi connectivity index (χ0) is 16.2. The van der Waals surface area contributed by atoms with Gasteiger partial charge in [-0.05, 0) is 42.5 Å². The average molecular weight is 380 g/mol. The fraction of sp³-hybridized carbons (Fsp3) is 0.118. The lowest BCUT2D eigenvalue weighted by Gasteiger charge is -2.13. The van der Waals surface area contributed by atoms with E-state index in [1.807, 2.05) is 55.4 Å². The van der Waals surface area contributed by atoms with Crippen molar-refractivity contribution in [1.29, 1.82) is 0 Å². The summed E-state index contributed by atoms with van der Waals surface area (Å²) in [6, 6.07) is 12.7. The van der Waals surface area contributed by atoms with Gasteiger partial charge < -0.3 is 15.5 Å². The van der Waals surface area contributed by atoms with Crippen LogP contribution in [0.2, 0.25) is 0 Å². The Balaban J connectivity index is 0.00000156. The maximum Gasteiger partial charge on any atom is 0.323 e. The molecule has 0 radical (unpaired) electrons. The van der Waals surface area contributed by atoms with Crippen molar-refractivity contribution in [2.45, 2.75) is 0 Å². The van der Waals surface area contributed by atoms with E-state index in [9.17, 15) is 4.79 Å². The molecule has 3 aromatic rings. The Morgan fingerprint density at radius 3 is 2.32 bits per heavy atom. The second kappa shape index (κ2) is 9.05. The molecule has 2 N–H and O–H groups in total. The van der Waals surface area contributed by atoms with E-state index >= 15 is 0 Å². The zero-order valence-corrected chi connectivity index (χ0v) is 15.4. The van der Waals surface area contributed by atoms with Gasteiger partial charge in [0.2, 0.25) is 0 Å². The van der Waals surface area contributed by atoms with Crippen molar-refractivity contribution in [1.82, 2.24) is 9.97 Å². The van der Waals surface area contributed by atoms with E-state index in [0.717, 1.165) is 16.9 Å². The van der Waals surface area contributed by atoms with Crippen molar-refractivity contribution in [2.24, 2.45) is 0 Å². The number of hydrogen-bond donors (Lipinski definition) is 2. The first kappa shape index (κ1) is 20.5. The van der Waals surface area contributed by atoms with Crippen molar-refractivity contribution in [3.63, 3.8) is 0 Å². The Hall–Kier alpha value is -2.57. The van der Waals surface area contributed by atoms with Crippen LogP contribution in [-0.4, -0.2) is 30.1 Å². The number of nitrogens with one attached hydrogen (secondary N) is 2. The van der Waals surface area contributed by atoms with E-state index in [-0.39, 0.29) is 30.8 Å². The minimum atomic E-state index is -0.319. The predicted molar refractivity (Wildman–Crippen MR) is 107 cm³/mol. The molecule has 2 aromatic heterocycles. The topological polar surface area (TPSA) is 70.2 Å². The van der Waals surface area contributed by atoms with Gasteiger partial charge in [0.15, 0.2) is 0 Å². The number of pyridine rings is 2. The smallest absolute Gasteiger partial charge is 0.323 e. The van der Waals surface area contributed by atoms with E-state index < -0.39 is 0 Å². The largest absolute Gasteiger partial charge is 0.378 e. The molecule has 0 aliphatic carbocycles. The number of carbonyl (C=O) groups is 1. The van der Waals surface area contributed by atoms with Gasteiger partial charge in [-0.3, -0.25) is 9.97 Å². The van der Waals surface area contributed by atoms with Crippen LogP contribution in [0.3, 0.4) is 0 Å². The molecule has 6 nitrogen and oxygen atoms in total. The highest BCUT2D eigenvalue weighted by Gasteiger charge is 2.07. The molecule has 0 saturated carbocycles. The van der Waals surface area contributed by atoms with Crippen LogP contribution in [-0.2, 0) is 0 Å². The third-order valence-electron chi connectivity index (χ3n) is 3.39. The molecule has 0 aliphatic rings. The van der Waals surface area contributed by atoms with Gasteiger partial charge in [-0.15, -0.1) is 24.8 Å². The van der Waals surface area contributed by atoms with Crippen molar-refractivity contribution in [3.8, 4) is 0 Å². The first-order valence-corrected chi connectivity index (χ1v) is 7.18. The third kappa shape index (κ3) is 4.95. The molecule has 0 aliphatic heterocycles. The standard InChI is InChI=1S/C17H17N5O.2ClH/c1-22(2)13-7-5-12(6-8-13)20-17(23)21-15-9-11-18-14-4-3-10-19-16(14)15;;/h3-11H,1-2H3,(H2,18,20,21,23);2*1H. The Labute approximate surface area is 158 Å². The molecular weight excluding hydrogens is 361 g/mol. The van der Waals surface area contributed by atoms with Crippen molar-refractivity contribution in [2.75, 3.05) is 29.6 Å². The molecule has 0 atom stereocenters. The second-order valence-corrected chi connectivity index (χ2v) is 5.25. The second-order valence-electron chi connectivity index (χ2n) is 5.25. The number of fused-ring (bicyclic) bond motifs is 1. The van der Waals surface area contributed by atoms with E-state index in [1.165, 1.54) is 0 Å². The van der Waals surface area contributed by atoms with Gasteiger partial charge in [0.25, 0.3) is 0 Å². The van der Waals surface area contributed by atoms with Crippen molar-refractivity contribution >= 4 is 58.9 Å². The Kier molecular flexibility index (Phi) is 7.42. The zero-order valence-electron chi connectivity index (χ0n) is 13.8. The van der Waals surface area contributed by atoms with Crippen LogP contribution < -0.4 is 15.5 Å². The number of aromatic nitrogens is 2. The lowest BCUT2D eigenvalue weighted by molar-refractivity contribution is 0.262. The summed E-state index contributed by atoms with van der Waals surface area (Å²) < 4.78 is 0. The summed E-state index contributed by atoms with van der Waals surface area (Å²) in [5, 5.41) is 5.61. The van der Waals surface area contributed by atoms with Gasteiger partial charge in [-0.1, -0.05) is 0 Å². The molecule has 0 bridgehead atoms. The van der Waals surface area contributed by atoms with E-state index in [2.05, 4.69) is 20.6 Å². The van der Waals surface area contributed by atoms with E-state index in [4.69, 9.17) is 0 Å². The maximum absolute atomic E-state index is 12.2. The van der Waals surface area contributed by atoms with E-state index in [0.29, 0.717) is 11.2 Å². The molecule has 0 spiro atoms. The number of nitrogens with zero attached hydrogens (tertiary/aromatic N) is 3. The Morgan fingerprint density at radius 1 is 0.920 bits per heavy atom. The van der Waals surface area contributed by atoms with Gasteiger partial charge in [-0.2, -0.15) is 0 Å². The molecule has 0 saturated heterocycles. The number of anilines is 3. The first-order chi connectivity index (χ1) is 11.1. The van der Waals surface area contributed by atoms with Crippen LogP contribution in [0.15, 0.2) is 54.9 Å². The van der Waals surface area contributed by atoms with E-state index in [1.54, 1.807) is 18.5 Å². The third-order valence-corrected chi connectivity index (χ3v) is 3.39. The SMILES string of the molecule is CN(C)c1ccc(NC(=O)Nc2ccnc3cccnc23)cc1.Cl.Cl. The Bertz CT molecular complexity index is 835. The number of benzene rings is 1. The molecule has 2 heterocycles. The molecule has 1 aromatic carbocycles. The summed E-state index contributed by atoms with van der Waals surface area (Å²) in [4.78, 5) is 22.6. The lowest BCUT2D eigenvalue weighted by atomic mass is 10.2. The summed E-state index contributed by atoms with van der Waals surface area (Å²) in [6.07, 6.45) is 3.32. The lowest BCUT2D eigenvalue weighted by Crippen LogP contribution is -2.19. The normalized spacial score (nSPS) is 9.52. The summed E-state index contributed by atoms with van der Waals surface area (Å²) in [7, 11) is 3.94. The highest BCUT2D eigenvalue weighted by atomic mass is 35.5. The average Bonchev–Trinajstić information content (AvgIpc) is 2.55. The van der Waals surface area contributed by atoms with Gasteiger partial charge >= 0.3 is 6.03 Å². The van der Waals surface area contributed by atoms with Crippen LogP contribution >= 0.6 is 24.8 Å². The number of hydrogen-bond acceptors (Lipinski definition) is 4. The van der Waals surface area contributed by atoms with Gasteiger partial charge in [-0.25, -0.2) is 4.79 Å². The maximum atomic E-state index is 12.2. The predicted octanol–water partition coefficient (Wildman–Crippen LogP) is 4.18. The van der Waals surface area contributed by atoms with Gasteiger partial charge in [0.1, 0.15) is 5.52 Å². The number of urea groups is 1. The Morgan fingerprint density at radius 2 is 1.64 bits per heavy atom. The highest BCUT2D eigenvalue weighted by Crippen LogP contribution is 2.19. The van der Waals surface area contributed by atoms with Crippen molar-refractivity contribution in [3.05, 3.63) is 54.9 Å². The summed E-state index contributed by atoms with van der Waals surface area (Å²) in [6.45, 7) is 0. The fourth-order valence-corrected chi connectivity index (χ4v) is 2.21. The molecule has 3 rings (SSSR count). The van der Waals surface area contributed by atoms with Crippen LogP contribution in [0.25, 0.3) is 11.0 Å². The van der Waals surface area contributed by atoms with Crippen LogP contribution in [0.5, 0.6) is 0 Å². The monoisotopic (exact) mass is 379 g/mol. The van der Waals surface area contributed by atoms with Crippen LogP contribution in [0.4, 0.5) is 21.9 Å². The van der Waals surface area contributed by atoms with Crippen LogP contribution in [0.1, 0.15) is 0 Å². The number of halogens is 2. The molecule has 0 unspecified atom stereocenters. The van der Waals surface area contributed by atoms with Gasteiger partial charge in [0, 0.05) is 37.9 Å². The molecule has 2 amide bonds. The highest BCUT2D eigenvalue weighted by molar-refractivity contribution is 6.04.